The van der Waals surface area contributed by atoms with Crippen molar-refractivity contribution in [1.29, 1.82) is 0 Å². The highest BCUT2D eigenvalue weighted by molar-refractivity contribution is 7.98. The van der Waals surface area contributed by atoms with E-state index in [0.29, 0.717) is 5.82 Å². The predicted octanol–water partition coefficient (Wildman–Crippen LogP) is 0.617. The first-order valence-electron chi connectivity index (χ1n) is 4.81. The number of rotatable bonds is 2. The van der Waals surface area contributed by atoms with Crippen molar-refractivity contribution in [3.63, 3.8) is 0 Å². The highest BCUT2D eigenvalue weighted by atomic mass is 32.2. The van der Waals surface area contributed by atoms with E-state index in [4.69, 9.17) is 10.5 Å². The molecular formula is C9H14N4OS. The summed E-state index contributed by atoms with van der Waals surface area (Å²) >= 11 is 1.50. The van der Waals surface area contributed by atoms with E-state index in [0.717, 1.165) is 37.3 Å². The summed E-state index contributed by atoms with van der Waals surface area (Å²) in [5, 5.41) is 0.719. The largest absolute Gasteiger partial charge is 0.383 e. The summed E-state index contributed by atoms with van der Waals surface area (Å²) in [6, 6.07) is 1.81. The molecule has 0 saturated carbocycles. The van der Waals surface area contributed by atoms with Crippen LogP contribution in [0.5, 0.6) is 0 Å². The molecule has 0 aliphatic carbocycles. The van der Waals surface area contributed by atoms with E-state index in [9.17, 15) is 0 Å². The van der Waals surface area contributed by atoms with Crippen LogP contribution in [0.15, 0.2) is 11.2 Å². The first-order chi connectivity index (χ1) is 7.29. The van der Waals surface area contributed by atoms with Gasteiger partial charge in [-0.25, -0.2) is 9.97 Å². The standard InChI is InChI=1S/C9H14N4OS/c1-15-9-11-7(10)6-8(12-9)13-2-4-14-5-3-13/h6H,2-5H2,1H3,(H2,10,11,12). The number of hydrogen-bond acceptors (Lipinski definition) is 6. The summed E-state index contributed by atoms with van der Waals surface area (Å²) in [6.45, 7) is 3.23. The SMILES string of the molecule is CSc1nc(N)cc(N2CCOCC2)n1. The minimum atomic E-state index is 0.524. The first kappa shape index (κ1) is 10.5. The summed E-state index contributed by atoms with van der Waals surface area (Å²) in [6.07, 6.45) is 1.94. The van der Waals surface area contributed by atoms with Gasteiger partial charge < -0.3 is 15.4 Å². The van der Waals surface area contributed by atoms with Gasteiger partial charge in [-0.15, -0.1) is 0 Å². The number of nitrogen functional groups attached to an aromatic ring is 1. The van der Waals surface area contributed by atoms with E-state index in [1.165, 1.54) is 11.8 Å². The highest BCUT2D eigenvalue weighted by Gasteiger charge is 2.13. The molecule has 2 N–H and O–H groups in total. The number of morpholine rings is 1. The van der Waals surface area contributed by atoms with Crippen LogP contribution in [-0.4, -0.2) is 42.5 Å². The summed E-state index contributed by atoms with van der Waals surface area (Å²) in [5.74, 6) is 1.42. The molecule has 1 aromatic rings. The van der Waals surface area contributed by atoms with Gasteiger partial charge in [0.1, 0.15) is 11.6 Å². The lowest BCUT2D eigenvalue weighted by molar-refractivity contribution is 0.122. The zero-order valence-corrected chi connectivity index (χ0v) is 9.46. The molecule has 1 aliphatic rings. The van der Waals surface area contributed by atoms with Crippen LogP contribution in [0.2, 0.25) is 0 Å². The van der Waals surface area contributed by atoms with Gasteiger partial charge >= 0.3 is 0 Å². The lowest BCUT2D eigenvalue weighted by Crippen LogP contribution is -2.36. The van der Waals surface area contributed by atoms with Gasteiger partial charge in [0.05, 0.1) is 13.2 Å². The fourth-order valence-electron chi connectivity index (χ4n) is 1.48. The molecule has 2 heterocycles. The zero-order valence-electron chi connectivity index (χ0n) is 8.64. The Morgan fingerprint density at radius 3 is 2.80 bits per heavy atom. The van der Waals surface area contributed by atoms with Crippen LogP contribution in [-0.2, 0) is 4.74 Å². The smallest absolute Gasteiger partial charge is 0.191 e. The molecule has 0 amide bonds. The summed E-state index contributed by atoms with van der Waals surface area (Å²) in [5.41, 5.74) is 5.72. The minimum Gasteiger partial charge on any atom is -0.383 e. The van der Waals surface area contributed by atoms with Gasteiger partial charge in [0.2, 0.25) is 0 Å². The molecular weight excluding hydrogens is 212 g/mol. The number of thioether (sulfide) groups is 1. The normalized spacial score (nSPS) is 16.7. The molecule has 5 nitrogen and oxygen atoms in total. The van der Waals surface area contributed by atoms with Crippen LogP contribution < -0.4 is 10.6 Å². The Hall–Kier alpha value is -1.01. The highest BCUT2D eigenvalue weighted by Crippen LogP contribution is 2.19. The van der Waals surface area contributed by atoms with Crippen molar-refractivity contribution >= 4 is 23.4 Å². The predicted molar refractivity (Wildman–Crippen MR) is 61.3 cm³/mol. The van der Waals surface area contributed by atoms with Crippen LogP contribution in [0.4, 0.5) is 11.6 Å². The van der Waals surface area contributed by atoms with E-state index in [1.54, 1.807) is 0 Å². The molecule has 1 aliphatic heterocycles. The lowest BCUT2D eigenvalue weighted by Gasteiger charge is -2.27. The van der Waals surface area contributed by atoms with Crippen molar-refractivity contribution in [2.45, 2.75) is 5.16 Å². The van der Waals surface area contributed by atoms with Gasteiger partial charge in [-0.2, -0.15) is 0 Å². The maximum atomic E-state index is 5.72. The lowest BCUT2D eigenvalue weighted by atomic mass is 10.4. The Labute approximate surface area is 93.0 Å². The monoisotopic (exact) mass is 226 g/mol. The Morgan fingerprint density at radius 2 is 2.13 bits per heavy atom. The fraction of sp³-hybridized carbons (Fsp3) is 0.556. The molecule has 6 heteroatoms. The molecule has 2 rings (SSSR count). The van der Waals surface area contributed by atoms with Gasteiger partial charge in [0, 0.05) is 19.2 Å². The molecule has 0 unspecified atom stereocenters. The molecule has 0 spiro atoms. The van der Waals surface area contributed by atoms with E-state index in [-0.39, 0.29) is 0 Å². The van der Waals surface area contributed by atoms with Crippen molar-refractivity contribution < 1.29 is 4.74 Å². The van der Waals surface area contributed by atoms with Crippen LogP contribution in [0, 0.1) is 0 Å². The molecule has 0 atom stereocenters. The average Bonchev–Trinajstić information content (AvgIpc) is 2.29. The van der Waals surface area contributed by atoms with Crippen LogP contribution in [0.1, 0.15) is 0 Å². The Morgan fingerprint density at radius 1 is 1.40 bits per heavy atom. The second-order valence-electron chi connectivity index (χ2n) is 3.24. The van der Waals surface area contributed by atoms with E-state index < -0.39 is 0 Å². The second-order valence-corrected chi connectivity index (χ2v) is 4.01. The van der Waals surface area contributed by atoms with Crippen LogP contribution >= 0.6 is 11.8 Å². The fourth-order valence-corrected chi connectivity index (χ4v) is 1.86. The minimum absolute atomic E-state index is 0.524. The quantitative estimate of drug-likeness (QED) is 0.589. The third kappa shape index (κ3) is 2.51. The summed E-state index contributed by atoms with van der Waals surface area (Å²) < 4.78 is 5.29. The number of hydrogen-bond donors (Lipinski definition) is 1. The number of nitrogens with two attached hydrogens (primary N) is 1. The van der Waals surface area contributed by atoms with Crippen LogP contribution in [0.3, 0.4) is 0 Å². The molecule has 0 radical (unpaired) electrons. The van der Waals surface area contributed by atoms with Gasteiger partial charge in [-0.05, 0) is 6.26 Å². The number of anilines is 2. The third-order valence-corrected chi connectivity index (χ3v) is 2.78. The molecule has 0 aromatic carbocycles. The van der Waals surface area contributed by atoms with Crippen molar-refractivity contribution in [2.75, 3.05) is 43.2 Å². The van der Waals surface area contributed by atoms with Gasteiger partial charge in [0.25, 0.3) is 0 Å². The van der Waals surface area contributed by atoms with Crippen molar-refractivity contribution in [1.82, 2.24) is 9.97 Å². The van der Waals surface area contributed by atoms with E-state index in [2.05, 4.69) is 14.9 Å². The Balaban J connectivity index is 2.22. The van der Waals surface area contributed by atoms with E-state index >= 15 is 0 Å². The molecule has 15 heavy (non-hydrogen) atoms. The number of nitrogens with zero attached hydrogens (tertiary/aromatic N) is 3. The van der Waals surface area contributed by atoms with Gasteiger partial charge in [-0.1, -0.05) is 11.8 Å². The second kappa shape index (κ2) is 4.67. The van der Waals surface area contributed by atoms with E-state index in [1.807, 2.05) is 12.3 Å². The van der Waals surface area contributed by atoms with Crippen molar-refractivity contribution in [3.05, 3.63) is 6.07 Å². The zero-order chi connectivity index (χ0) is 10.7. The molecule has 1 fully saturated rings. The summed E-state index contributed by atoms with van der Waals surface area (Å²) in [7, 11) is 0. The maximum absolute atomic E-state index is 5.72. The van der Waals surface area contributed by atoms with Crippen LogP contribution in [0.25, 0.3) is 0 Å². The number of aromatic nitrogens is 2. The third-order valence-electron chi connectivity index (χ3n) is 2.23. The summed E-state index contributed by atoms with van der Waals surface area (Å²) in [4.78, 5) is 10.7. The topological polar surface area (TPSA) is 64.3 Å². The average molecular weight is 226 g/mol. The van der Waals surface area contributed by atoms with Crippen molar-refractivity contribution in [3.8, 4) is 0 Å². The first-order valence-corrected chi connectivity index (χ1v) is 6.03. The molecule has 1 aromatic heterocycles. The number of ether oxygens (including phenoxy) is 1. The molecule has 0 bridgehead atoms. The Kier molecular flexibility index (Phi) is 3.27. The maximum Gasteiger partial charge on any atom is 0.191 e. The Bertz CT molecular complexity index is 341. The van der Waals surface area contributed by atoms with Gasteiger partial charge in [-0.3, -0.25) is 0 Å². The van der Waals surface area contributed by atoms with Gasteiger partial charge in [0.15, 0.2) is 5.16 Å². The molecule has 1 saturated heterocycles. The molecule has 82 valence electrons. The van der Waals surface area contributed by atoms with Crippen molar-refractivity contribution in [2.24, 2.45) is 0 Å².